The second-order valence-electron chi connectivity index (χ2n) is 6.50. The molecule has 0 unspecified atom stereocenters. The van der Waals surface area contributed by atoms with Crippen molar-refractivity contribution in [3.8, 4) is 5.75 Å². The molecule has 2 heterocycles. The van der Waals surface area contributed by atoms with Gasteiger partial charge < -0.3 is 14.4 Å². The maximum Gasteiger partial charge on any atom is 0.210 e. The molecule has 0 N–H and O–H groups in total. The van der Waals surface area contributed by atoms with Gasteiger partial charge in [0.25, 0.3) is 0 Å². The first-order valence-corrected chi connectivity index (χ1v) is 10.8. The summed E-state index contributed by atoms with van der Waals surface area (Å²) in [5.74, 6) is 0.695. The summed E-state index contributed by atoms with van der Waals surface area (Å²) in [6.45, 7) is 4.81. The van der Waals surface area contributed by atoms with Gasteiger partial charge in [-0.1, -0.05) is 18.2 Å². The van der Waals surface area contributed by atoms with Gasteiger partial charge >= 0.3 is 0 Å². The molecule has 6 nitrogen and oxygen atoms in total. The molecular formula is C21H22N2O4S. The Balaban J connectivity index is 1.97. The molecule has 1 fully saturated rings. The lowest BCUT2D eigenvalue weighted by atomic mass is 10.1. The number of sulfone groups is 1. The van der Waals surface area contributed by atoms with Gasteiger partial charge in [-0.3, -0.25) is 4.98 Å². The minimum atomic E-state index is -3.72. The lowest BCUT2D eigenvalue weighted by molar-refractivity contribution is 0.122. The second kappa shape index (κ2) is 7.77. The maximum absolute atomic E-state index is 13.4. The van der Waals surface area contributed by atoms with Crippen LogP contribution in [0.25, 0.3) is 10.9 Å². The van der Waals surface area contributed by atoms with E-state index in [2.05, 4.69) is 9.88 Å². The summed E-state index contributed by atoms with van der Waals surface area (Å²) in [4.78, 5) is 6.97. The lowest BCUT2D eigenvalue weighted by Gasteiger charge is -2.31. The van der Waals surface area contributed by atoms with Crippen LogP contribution < -0.4 is 9.64 Å². The van der Waals surface area contributed by atoms with Crippen molar-refractivity contribution in [1.82, 2.24) is 4.98 Å². The zero-order valence-electron chi connectivity index (χ0n) is 15.7. The van der Waals surface area contributed by atoms with Crippen LogP contribution in [0.2, 0.25) is 0 Å². The Morgan fingerprint density at radius 1 is 1.11 bits per heavy atom. The normalized spacial score (nSPS) is 15.0. The lowest BCUT2D eigenvalue weighted by Crippen LogP contribution is -2.37. The Hall–Kier alpha value is -2.64. The monoisotopic (exact) mass is 398 g/mol. The summed E-state index contributed by atoms with van der Waals surface area (Å²) in [5, 5.41) is 0.768. The highest BCUT2D eigenvalue weighted by atomic mass is 32.2. The van der Waals surface area contributed by atoms with E-state index in [9.17, 15) is 8.42 Å². The standard InChI is InChI=1S/C21H22N2O4S/c1-2-27-16-8-9-19-18(14-16)21(23-10-12-26-13-11-23)20(15-22-19)28(24,25)17-6-4-3-5-7-17/h3-9,14-15H,2,10-13H2,1H3. The third-order valence-electron chi connectivity index (χ3n) is 4.76. The molecule has 0 saturated carbocycles. The summed E-state index contributed by atoms with van der Waals surface area (Å²) in [6.07, 6.45) is 1.47. The van der Waals surface area contributed by atoms with Crippen molar-refractivity contribution in [2.24, 2.45) is 0 Å². The number of anilines is 1. The molecule has 2 aromatic carbocycles. The molecule has 1 aromatic heterocycles. The Bertz CT molecular complexity index is 1080. The van der Waals surface area contributed by atoms with E-state index in [0.29, 0.717) is 44.3 Å². The Labute approximate surface area is 164 Å². The van der Waals surface area contributed by atoms with Crippen LogP contribution in [-0.2, 0) is 14.6 Å². The van der Waals surface area contributed by atoms with Crippen molar-refractivity contribution >= 4 is 26.4 Å². The van der Waals surface area contributed by atoms with Gasteiger partial charge in [-0.05, 0) is 37.3 Å². The number of rotatable bonds is 5. The first-order chi connectivity index (χ1) is 13.6. The quantitative estimate of drug-likeness (QED) is 0.657. The molecular weight excluding hydrogens is 376 g/mol. The highest BCUT2D eigenvalue weighted by molar-refractivity contribution is 7.91. The highest BCUT2D eigenvalue weighted by Gasteiger charge is 2.27. The van der Waals surface area contributed by atoms with Crippen LogP contribution in [0, 0.1) is 0 Å². The van der Waals surface area contributed by atoms with Gasteiger partial charge in [0, 0.05) is 24.7 Å². The average molecular weight is 398 g/mol. The zero-order chi connectivity index (χ0) is 19.6. The van der Waals surface area contributed by atoms with E-state index in [1.165, 1.54) is 6.20 Å². The third kappa shape index (κ3) is 3.43. The summed E-state index contributed by atoms with van der Waals surface area (Å²) < 4.78 is 38.0. The summed E-state index contributed by atoms with van der Waals surface area (Å²) in [5.41, 5.74) is 1.40. The summed E-state index contributed by atoms with van der Waals surface area (Å²) in [7, 11) is -3.72. The van der Waals surface area contributed by atoms with Crippen molar-refractivity contribution in [2.75, 3.05) is 37.8 Å². The number of fused-ring (bicyclic) bond motifs is 1. The summed E-state index contributed by atoms with van der Waals surface area (Å²) in [6, 6.07) is 14.1. The van der Waals surface area contributed by atoms with Crippen LogP contribution in [0.5, 0.6) is 5.75 Å². The number of pyridine rings is 1. The van der Waals surface area contributed by atoms with Gasteiger partial charge in [0.05, 0.1) is 35.9 Å². The van der Waals surface area contributed by atoms with Gasteiger partial charge in [0.2, 0.25) is 9.84 Å². The van der Waals surface area contributed by atoms with Gasteiger partial charge in [0.1, 0.15) is 10.6 Å². The molecule has 3 aromatic rings. The molecule has 28 heavy (non-hydrogen) atoms. The molecule has 0 spiro atoms. The molecule has 0 amide bonds. The fraction of sp³-hybridized carbons (Fsp3) is 0.286. The van der Waals surface area contributed by atoms with Gasteiger partial charge in [-0.25, -0.2) is 8.42 Å². The van der Waals surface area contributed by atoms with E-state index >= 15 is 0 Å². The van der Waals surface area contributed by atoms with E-state index < -0.39 is 9.84 Å². The first kappa shape index (κ1) is 18.7. The zero-order valence-corrected chi connectivity index (χ0v) is 16.5. The molecule has 0 radical (unpaired) electrons. The second-order valence-corrected chi connectivity index (χ2v) is 8.42. The third-order valence-corrected chi connectivity index (χ3v) is 6.53. The number of aromatic nitrogens is 1. The molecule has 7 heteroatoms. The number of hydrogen-bond donors (Lipinski definition) is 0. The van der Waals surface area contributed by atoms with Crippen molar-refractivity contribution in [3.63, 3.8) is 0 Å². The van der Waals surface area contributed by atoms with Gasteiger partial charge in [-0.2, -0.15) is 0 Å². The summed E-state index contributed by atoms with van der Waals surface area (Å²) >= 11 is 0. The molecule has 4 rings (SSSR count). The largest absolute Gasteiger partial charge is 0.494 e. The van der Waals surface area contributed by atoms with E-state index in [0.717, 1.165) is 10.9 Å². The SMILES string of the molecule is CCOc1ccc2ncc(S(=O)(=O)c3ccccc3)c(N3CCOCC3)c2c1. The van der Waals surface area contributed by atoms with Crippen LogP contribution in [0.4, 0.5) is 5.69 Å². The van der Waals surface area contributed by atoms with Crippen LogP contribution in [0.3, 0.4) is 0 Å². The Kier molecular flexibility index (Phi) is 5.19. The number of ether oxygens (including phenoxy) is 2. The molecule has 0 aliphatic carbocycles. The van der Waals surface area contributed by atoms with E-state index in [4.69, 9.17) is 9.47 Å². The van der Waals surface area contributed by atoms with E-state index in [1.54, 1.807) is 30.3 Å². The molecule has 0 atom stereocenters. The molecule has 1 saturated heterocycles. The number of nitrogens with zero attached hydrogens (tertiary/aromatic N) is 2. The highest BCUT2D eigenvalue weighted by Crippen LogP contribution is 2.37. The fourth-order valence-corrected chi connectivity index (χ4v) is 4.89. The molecule has 1 aliphatic heterocycles. The first-order valence-electron chi connectivity index (χ1n) is 9.29. The topological polar surface area (TPSA) is 68.7 Å². The van der Waals surface area contributed by atoms with Crippen LogP contribution in [-0.4, -0.2) is 46.3 Å². The van der Waals surface area contributed by atoms with Crippen molar-refractivity contribution in [2.45, 2.75) is 16.7 Å². The Morgan fingerprint density at radius 3 is 2.57 bits per heavy atom. The molecule has 1 aliphatic rings. The van der Waals surface area contributed by atoms with Crippen molar-refractivity contribution < 1.29 is 17.9 Å². The Morgan fingerprint density at radius 2 is 1.86 bits per heavy atom. The van der Waals surface area contributed by atoms with Crippen LogP contribution >= 0.6 is 0 Å². The van der Waals surface area contributed by atoms with Crippen molar-refractivity contribution in [3.05, 3.63) is 54.7 Å². The average Bonchev–Trinajstić information content (AvgIpc) is 2.74. The van der Waals surface area contributed by atoms with Gasteiger partial charge in [0.15, 0.2) is 0 Å². The van der Waals surface area contributed by atoms with Gasteiger partial charge in [-0.15, -0.1) is 0 Å². The van der Waals surface area contributed by atoms with Crippen LogP contribution in [0.15, 0.2) is 64.5 Å². The number of benzene rings is 2. The van der Waals surface area contributed by atoms with Crippen LogP contribution in [0.1, 0.15) is 6.92 Å². The molecule has 0 bridgehead atoms. The smallest absolute Gasteiger partial charge is 0.210 e. The van der Waals surface area contributed by atoms with E-state index in [1.807, 2.05) is 25.1 Å². The van der Waals surface area contributed by atoms with Crippen molar-refractivity contribution in [1.29, 1.82) is 0 Å². The van der Waals surface area contributed by atoms with E-state index in [-0.39, 0.29) is 9.79 Å². The minimum absolute atomic E-state index is 0.210. The number of morpholine rings is 1. The maximum atomic E-state index is 13.4. The fourth-order valence-electron chi connectivity index (χ4n) is 3.43. The predicted octanol–water partition coefficient (Wildman–Crippen LogP) is 3.30. The predicted molar refractivity (Wildman–Crippen MR) is 108 cm³/mol. The number of hydrogen-bond acceptors (Lipinski definition) is 6. The molecule has 146 valence electrons. The minimum Gasteiger partial charge on any atom is -0.494 e.